The number of rotatable bonds is 2. The van der Waals surface area contributed by atoms with Gasteiger partial charge in [0.15, 0.2) is 5.13 Å². The van der Waals surface area contributed by atoms with Crippen LogP contribution in [0, 0.1) is 0 Å². The highest BCUT2D eigenvalue weighted by atomic mass is 35.5. The van der Waals surface area contributed by atoms with Gasteiger partial charge in [0.2, 0.25) is 5.91 Å². The van der Waals surface area contributed by atoms with Gasteiger partial charge in [0.1, 0.15) is 0 Å². The number of aromatic nitrogens is 1. The Hall–Kier alpha value is -0.850. The summed E-state index contributed by atoms with van der Waals surface area (Å²) in [6, 6.07) is 0.0615. The molecule has 0 radical (unpaired) electrons. The van der Waals surface area contributed by atoms with Crippen molar-refractivity contribution in [3.05, 3.63) is 11.6 Å². The third-order valence-electron chi connectivity index (χ3n) is 3.86. The number of carbonyl (C=O) groups is 1. The molecule has 0 aliphatic carbocycles. The molecule has 1 aromatic rings. The second-order valence-electron chi connectivity index (χ2n) is 5.13. The Morgan fingerprint density at radius 1 is 1.30 bits per heavy atom. The molecular formula is C13H21ClN4OS. The van der Waals surface area contributed by atoms with Crippen molar-refractivity contribution in [2.24, 2.45) is 0 Å². The highest BCUT2D eigenvalue weighted by Crippen LogP contribution is 2.19. The van der Waals surface area contributed by atoms with E-state index >= 15 is 0 Å². The number of nitrogens with zero attached hydrogens (tertiary/aromatic N) is 3. The number of halogens is 1. The molecule has 7 heteroatoms. The minimum atomic E-state index is 0. The van der Waals surface area contributed by atoms with E-state index in [4.69, 9.17) is 0 Å². The van der Waals surface area contributed by atoms with Gasteiger partial charge < -0.3 is 15.1 Å². The van der Waals surface area contributed by atoms with Crippen molar-refractivity contribution >= 4 is 34.8 Å². The Morgan fingerprint density at radius 2 is 2.20 bits per heavy atom. The first-order valence-corrected chi connectivity index (χ1v) is 7.89. The Bertz CT molecular complexity index is 422. The van der Waals surface area contributed by atoms with Gasteiger partial charge in [-0.2, -0.15) is 0 Å². The molecule has 0 aromatic carbocycles. The van der Waals surface area contributed by atoms with E-state index in [0.717, 1.165) is 57.1 Å². The van der Waals surface area contributed by atoms with E-state index in [-0.39, 0.29) is 18.4 Å². The maximum atomic E-state index is 12.4. The van der Waals surface area contributed by atoms with Gasteiger partial charge in [-0.1, -0.05) is 0 Å². The van der Waals surface area contributed by atoms with Crippen molar-refractivity contribution in [2.75, 3.05) is 37.6 Å². The fourth-order valence-corrected chi connectivity index (χ4v) is 3.51. The van der Waals surface area contributed by atoms with Gasteiger partial charge in [-0.05, 0) is 25.8 Å². The summed E-state index contributed by atoms with van der Waals surface area (Å²) < 4.78 is 0. The van der Waals surface area contributed by atoms with Crippen molar-refractivity contribution in [1.29, 1.82) is 0 Å². The summed E-state index contributed by atoms with van der Waals surface area (Å²) in [7, 11) is 0. The van der Waals surface area contributed by atoms with Crippen LogP contribution >= 0.6 is 23.7 Å². The van der Waals surface area contributed by atoms with Crippen molar-refractivity contribution in [3.63, 3.8) is 0 Å². The fraction of sp³-hybridized carbons (Fsp3) is 0.692. The number of nitrogens with one attached hydrogen (secondary N) is 1. The minimum absolute atomic E-state index is 0. The molecule has 20 heavy (non-hydrogen) atoms. The van der Waals surface area contributed by atoms with Crippen LogP contribution in [-0.2, 0) is 4.79 Å². The third kappa shape index (κ3) is 3.42. The molecule has 2 fully saturated rings. The minimum Gasteiger partial charge on any atom is -0.346 e. The van der Waals surface area contributed by atoms with E-state index in [0.29, 0.717) is 5.91 Å². The number of hydrogen-bond donors (Lipinski definition) is 1. The molecule has 2 aliphatic rings. The van der Waals surface area contributed by atoms with Gasteiger partial charge in [-0.25, -0.2) is 4.98 Å². The van der Waals surface area contributed by atoms with E-state index in [1.54, 1.807) is 11.3 Å². The first kappa shape index (κ1) is 15.5. The molecule has 1 aromatic heterocycles. The van der Waals surface area contributed by atoms with E-state index in [1.807, 2.05) is 16.5 Å². The van der Waals surface area contributed by atoms with E-state index < -0.39 is 0 Å². The van der Waals surface area contributed by atoms with Crippen LogP contribution in [0.15, 0.2) is 11.6 Å². The lowest BCUT2D eigenvalue weighted by molar-refractivity contribution is -0.132. The summed E-state index contributed by atoms with van der Waals surface area (Å²) in [6.45, 7) is 4.56. The topological polar surface area (TPSA) is 48.5 Å². The number of thiazole rings is 1. The van der Waals surface area contributed by atoms with Gasteiger partial charge in [-0.3, -0.25) is 4.79 Å². The summed E-state index contributed by atoms with van der Waals surface area (Å²) in [5.74, 6) is 0.290. The van der Waals surface area contributed by atoms with Crippen molar-refractivity contribution in [3.8, 4) is 0 Å². The highest BCUT2D eigenvalue weighted by Gasteiger charge is 2.28. The molecule has 3 rings (SSSR count). The first-order chi connectivity index (χ1) is 9.34. The third-order valence-corrected chi connectivity index (χ3v) is 4.69. The fourth-order valence-electron chi connectivity index (χ4n) is 2.82. The molecule has 0 unspecified atom stereocenters. The molecule has 0 bridgehead atoms. The van der Waals surface area contributed by atoms with Crippen LogP contribution in [0.1, 0.15) is 19.3 Å². The van der Waals surface area contributed by atoms with Crippen LogP contribution in [0.2, 0.25) is 0 Å². The van der Waals surface area contributed by atoms with Crippen molar-refractivity contribution in [1.82, 2.24) is 15.2 Å². The second-order valence-corrected chi connectivity index (χ2v) is 6.00. The van der Waals surface area contributed by atoms with Crippen LogP contribution in [0.5, 0.6) is 0 Å². The second kappa shape index (κ2) is 7.24. The zero-order chi connectivity index (χ0) is 13.1. The van der Waals surface area contributed by atoms with Crippen molar-refractivity contribution < 1.29 is 4.79 Å². The lowest BCUT2D eigenvalue weighted by Crippen LogP contribution is -2.45. The van der Waals surface area contributed by atoms with Crippen LogP contribution in [0.25, 0.3) is 0 Å². The van der Waals surface area contributed by atoms with E-state index in [1.165, 1.54) is 0 Å². The quantitative estimate of drug-likeness (QED) is 0.895. The highest BCUT2D eigenvalue weighted by molar-refractivity contribution is 7.13. The average Bonchev–Trinajstić information content (AvgIpc) is 3.08. The summed E-state index contributed by atoms with van der Waals surface area (Å²) >= 11 is 1.67. The molecule has 0 saturated carbocycles. The molecule has 3 heterocycles. The van der Waals surface area contributed by atoms with Crippen LogP contribution in [-0.4, -0.2) is 54.6 Å². The molecule has 112 valence electrons. The predicted molar refractivity (Wildman–Crippen MR) is 83.8 cm³/mol. The van der Waals surface area contributed by atoms with Gasteiger partial charge >= 0.3 is 0 Å². The monoisotopic (exact) mass is 316 g/mol. The Kier molecular flexibility index (Phi) is 5.63. The smallest absolute Gasteiger partial charge is 0.239 e. The SMILES string of the molecule is Cl.O=C([C@@H]1CCCN1)N1CCCN(c2nccs2)CC1. The Labute approximate surface area is 129 Å². The van der Waals surface area contributed by atoms with E-state index in [9.17, 15) is 4.79 Å². The predicted octanol–water partition coefficient (Wildman–Crippen LogP) is 1.36. The summed E-state index contributed by atoms with van der Waals surface area (Å²) in [6.07, 6.45) is 4.98. The number of amides is 1. The zero-order valence-corrected chi connectivity index (χ0v) is 13.1. The van der Waals surface area contributed by atoms with Crippen LogP contribution in [0.4, 0.5) is 5.13 Å². The molecule has 2 saturated heterocycles. The van der Waals surface area contributed by atoms with Gasteiger partial charge in [0, 0.05) is 37.8 Å². The van der Waals surface area contributed by atoms with Gasteiger partial charge in [0.05, 0.1) is 6.04 Å². The standard InChI is InChI=1S/C13H20N4OS.ClH/c18-12(11-3-1-4-14-11)16-6-2-7-17(9-8-16)13-15-5-10-19-13;/h5,10-11,14H,1-4,6-9H2;1H/t11-;/m0./s1. The Balaban J connectivity index is 0.00000147. The lowest BCUT2D eigenvalue weighted by atomic mass is 10.2. The van der Waals surface area contributed by atoms with Gasteiger partial charge in [0.25, 0.3) is 0 Å². The molecule has 1 N–H and O–H groups in total. The average molecular weight is 317 g/mol. The molecule has 1 amide bonds. The number of hydrogen-bond acceptors (Lipinski definition) is 5. The van der Waals surface area contributed by atoms with E-state index in [2.05, 4.69) is 15.2 Å². The molecule has 0 spiro atoms. The first-order valence-electron chi connectivity index (χ1n) is 7.01. The summed E-state index contributed by atoms with van der Waals surface area (Å²) in [5, 5.41) is 6.38. The summed E-state index contributed by atoms with van der Waals surface area (Å²) in [5.41, 5.74) is 0. The lowest BCUT2D eigenvalue weighted by Gasteiger charge is -2.24. The number of anilines is 1. The maximum Gasteiger partial charge on any atom is 0.239 e. The summed E-state index contributed by atoms with van der Waals surface area (Å²) in [4.78, 5) is 21.1. The molecule has 2 aliphatic heterocycles. The Morgan fingerprint density at radius 3 is 2.90 bits per heavy atom. The largest absolute Gasteiger partial charge is 0.346 e. The molecule has 1 atom stereocenters. The maximum absolute atomic E-state index is 12.4. The van der Waals surface area contributed by atoms with Gasteiger partial charge in [-0.15, -0.1) is 23.7 Å². The van der Waals surface area contributed by atoms with Crippen LogP contribution < -0.4 is 10.2 Å². The van der Waals surface area contributed by atoms with Crippen LogP contribution in [0.3, 0.4) is 0 Å². The normalized spacial score (nSPS) is 23.3. The number of carbonyl (C=O) groups excluding carboxylic acids is 1. The molecule has 5 nitrogen and oxygen atoms in total. The zero-order valence-electron chi connectivity index (χ0n) is 11.5. The van der Waals surface area contributed by atoms with Crippen molar-refractivity contribution in [2.45, 2.75) is 25.3 Å². The molecular weight excluding hydrogens is 296 g/mol.